The van der Waals surface area contributed by atoms with E-state index in [9.17, 15) is 0 Å². The maximum atomic E-state index is 4.05. The normalized spacial score (nSPS) is 15.1. The highest BCUT2D eigenvalue weighted by Crippen LogP contribution is 2.16. The molecule has 0 saturated carbocycles. The van der Waals surface area contributed by atoms with Crippen molar-refractivity contribution < 1.29 is 0 Å². The summed E-state index contributed by atoms with van der Waals surface area (Å²) in [4.78, 5) is 0. The van der Waals surface area contributed by atoms with Crippen molar-refractivity contribution in [2.24, 2.45) is 8.36 Å². The zero-order valence-corrected chi connectivity index (χ0v) is 7.82. The first-order chi connectivity index (χ1) is 5.47. The van der Waals surface area contributed by atoms with Crippen LogP contribution in [0.15, 0.2) is 38.7 Å². The van der Waals surface area contributed by atoms with E-state index >= 15 is 0 Å². The minimum atomic E-state index is -0.238. The Bertz CT molecular complexity index is 305. The summed E-state index contributed by atoms with van der Waals surface area (Å²) in [6.45, 7) is 0. The van der Waals surface area contributed by atoms with Crippen molar-refractivity contribution in [1.29, 1.82) is 0 Å². The van der Waals surface area contributed by atoms with E-state index in [-0.39, 0.29) is 21.0 Å². The van der Waals surface area contributed by atoms with Gasteiger partial charge in [0, 0.05) is 5.56 Å². The smallest absolute Gasteiger partial charge is 0.144 e. The van der Waals surface area contributed by atoms with Crippen LogP contribution in [-0.4, -0.2) is 3.72 Å². The molecule has 0 radical (unpaired) electrons. The third-order valence-corrected chi connectivity index (χ3v) is 3.10. The molecule has 2 rings (SSSR count). The lowest BCUT2D eigenvalue weighted by molar-refractivity contribution is 0.844. The summed E-state index contributed by atoms with van der Waals surface area (Å²) in [5.74, 6) is 0. The fourth-order valence-corrected chi connectivity index (χ4v) is 2.13. The summed E-state index contributed by atoms with van der Waals surface area (Å²) in [5.41, 5.74) is 3.82. The number of halogens is 1. The van der Waals surface area contributed by atoms with E-state index in [1.54, 1.807) is 0 Å². The van der Waals surface area contributed by atoms with Crippen molar-refractivity contribution in [3.63, 3.8) is 0 Å². The van der Waals surface area contributed by atoms with Crippen molar-refractivity contribution in [3.05, 3.63) is 35.9 Å². The fourth-order valence-electron chi connectivity index (χ4n) is 0.830. The van der Waals surface area contributed by atoms with Crippen LogP contribution in [0.4, 0.5) is 0 Å². The van der Waals surface area contributed by atoms with Gasteiger partial charge in [0.1, 0.15) is 3.72 Å². The van der Waals surface area contributed by atoms with E-state index < -0.39 is 0 Å². The van der Waals surface area contributed by atoms with Gasteiger partial charge in [-0.1, -0.05) is 30.3 Å². The van der Waals surface area contributed by atoms with Crippen LogP contribution in [0.3, 0.4) is 0 Å². The molecule has 0 atom stereocenters. The topological polar surface area (TPSA) is 36.8 Å². The summed E-state index contributed by atoms with van der Waals surface area (Å²) < 4.78 is 5.11. The van der Waals surface area contributed by atoms with Gasteiger partial charge in [-0.25, -0.2) is 0 Å². The number of nitrogens with one attached hydrogen (secondary N) is 1. The van der Waals surface area contributed by atoms with Crippen molar-refractivity contribution in [2.75, 3.05) is 0 Å². The van der Waals surface area contributed by atoms with Crippen LogP contribution in [0.1, 0.15) is 5.56 Å². The van der Waals surface area contributed by atoms with Crippen LogP contribution in [0.25, 0.3) is 0 Å². The molecule has 0 saturated heterocycles. The lowest BCUT2D eigenvalue weighted by Crippen LogP contribution is -1.92. The van der Waals surface area contributed by atoms with Gasteiger partial charge >= 0.3 is 0 Å². The van der Waals surface area contributed by atoms with Crippen LogP contribution < -0.4 is 5.53 Å². The number of hydrazone groups is 1. The lowest BCUT2D eigenvalue weighted by Gasteiger charge is -1.91. The van der Waals surface area contributed by atoms with E-state index in [0.717, 1.165) is 3.72 Å². The van der Waals surface area contributed by atoms with Crippen LogP contribution >= 0.6 is 21.0 Å². The van der Waals surface area contributed by atoms with Crippen molar-refractivity contribution in [2.45, 2.75) is 0 Å². The number of benzene rings is 1. The molecule has 0 bridgehead atoms. The van der Waals surface area contributed by atoms with E-state index in [4.69, 9.17) is 0 Å². The molecule has 1 aliphatic heterocycles. The highest BCUT2D eigenvalue weighted by molar-refractivity contribution is 14.2. The van der Waals surface area contributed by atoms with Gasteiger partial charge in [-0.3, -0.25) is 0 Å². The summed E-state index contributed by atoms with van der Waals surface area (Å²) >= 11 is -0.238. The molecule has 1 aromatic rings. The SMILES string of the molecule is c1ccc(C2=NNN=I2)cc1. The molecule has 0 amide bonds. The van der Waals surface area contributed by atoms with Gasteiger partial charge in [-0.15, -0.1) is 8.36 Å². The lowest BCUT2D eigenvalue weighted by atomic mass is 10.2. The number of hydrogen-bond acceptors (Lipinski definition) is 3. The van der Waals surface area contributed by atoms with Crippen LogP contribution in [0.2, 0.25) is 0 Å². The van der Waals surface area contributed by atoms with Gasteiger partial charge in [-0.2, -0.15) is 5.53 Å². The minimum Gasteiger partial charge on any atom is -0.192 e. The second-order valence-electron chi connectivity index (χ2n) is 2.04. The molecule has 0 unspecified atom stereocenters. The monoisotopic (exact) mass is 259 g/mol. The molecule has 0 spiro atoms. The molecule has 3 nitrogen and oxygen atoms in total. The Kier molecular flexibility index (Phi) is 1.93. The molecule has 1 N–H and O–H groups in total. The first-order valence-electron chi connectivity index (χ1n) is 3.19. The summed E-state index contributed by atoms with van der Waals surface area (Å²) in [6, 6.07) is 10.1. The largest absolute Gasteiger partial charge is 0.192 e. The Morgan fingerprint density at radius 3 is 2.64 bits per heavy atom. The molecule has 0 fully saturated rings. The Hall–Kier alpha value is -0.780. The Labute approximate surface area is 74.6 Å². The van der Waals surface area contributed by atoms with Gasteiger partial charge in [-0.05, 0) is 0 Å². The Morgan fingerprint density at radius 1 is 1.18 bits per heavy atom. The molecule has 11 heavy (non-hydrogen) atoms. The zero-order valence-electron chi connectivity index (χ0n) is 5.66. The third kappa shape index (κ3) is 1.45. The predicted molar refractivity (Wildman–Crippen MR) is 52.6 cm³/mol. The maximum absolute atomic E-state index is 4.05. The quantitative estimate of drug-likeness (QED) is 0.769. The standard InChI is InChI=1S/C7H6IN3/c1-2-4-6(5-3-1)7-8-10-11-9-7/h1-5,11H. The van der Waals surface area contributed by atoms with Crippen molar-refractivity contribution in [3.8, 4) is 0 Å². The Balaban J connectivity index is 2.37. The second kappa shape index (κ2) is 3.08. The second-order valence-corrected chi connectivity index (χ2v) is 4.02. The molecular formula is C7H6IN3. The highest BCUT2D eigenvalue weighted by atomic mass is 127. The Morgan fingerprint density at radius 2 is 2.00 bits per heavy atom. The van der Waals surface area contributed by atoms with Gasteiger partial charge in [0.2, 0.25) is 0 Å². The molecular weight excluding hydrogens is 253 g/mol. The summed E-state index contributed by atoms with van der Waals surface area (Å²) in [6.07, 6.45) is 0. The van der Waals surface area contributed by atoms with E-state index in [1.165, 1.54) is 5.56 Å². The highest BCUT2D eigenvalue weighted by Gasteiger charge is 2.03. The first-order valence-corrected chi connectivity index (χ1v) is 5.23. The predicted octanol–water partition coefficient (Wildman–Crippen LogP) is 2.02. The van der Waals surface area contributed by atoms with Gasteiger partial charge < -0.3 is 0 Å². The van der Waals surface area contributed by atoms with Crippen molar-refractivity contribution >= 4 is 24.8 Å². The van der Waals surface area contributed by atoms with Crippen molar-refractivity contribution in [1.82, 2.24) is 5.53 Å². The summed E-state index contributed by atoms with van der Waals surface area (Å²) in [5, 5.41) is 4.05. The fraction of sp³-hybridized carbons (Fsp3) is 0. The maximum Gasteiger partial charge on any atom is 0.144 e. The van der Waals surface area contributed by atoms with Crippen LogP contribution in [0.5, 0.6) is 0 Å². The number of hydrogen-bond donors (Lipinski definition) is 1. The average molecular weight is 259 g/mol. The van der Waals surface area contributed by atoms with Gasteiger partial charge in [0.25, 0.3) is 0 Å². The molecule has 1 aromatic carbocycles. The third-order valence-electron chi connectivity index (χ3n) is 1.32. The zero-order chi connectivity index (χ0) is 7.52. The van der Waals surface area contributed by atoms with Crippen LogP contribution in [0, 0.1) is 0 Å². The number of nitrogens with zero attached hydrogens (tertiary/aromatic N) is 2. The van der Waals surface area contributed by atoms with E-state index in [1.807, 2.05) is 18.2 Å². The van der Waals surface area contributed by atoms with E-state index in [2.05, 4.69) is 26.0 Å². The van der Waals surface area contributed by atoms with Gasteiger partial charge in [0.15, 0.2) is 0 Å². The first kappa shape index (κ1) is 6.90. The summed E-state index contributed by atoms with van der Waals surface area (Å²) in [7, 11) is 0. The molecule has 1 aliphatic rings. The number of rotatable bonds is 1. The van der Waals surface area contributed by atoms with Gasteiger partial charge in [0.05, 0.1) is 21.0 Å². The average Bonchev–Trinajstić information content (AvgIpc) is 2.58. The van der Waals surface area contributed by atoms with Crippen LogP contribution in [-0.2, 0) is 0 Å². The van der Waals surface area contributed by atoms with E-state index in [0.29, 0.717) is 0 Å². The molecule has 56 valence electrons. The molecule has 0 aromatic heterocycles. The molecule has 0 aliphatic carbocycles. The molecule has 4 heteroatoms. The minimum absolute atomic E-state index is 0.238. The molecule has 1 heterocycles.